The summed E-state index contributed by atoms with van der Waals surface area (Å²) in [7, 11) is 0. The van der Waals surface area contributed by atoms with Crippen molar-refractivity contribution in [1.82, 2.24) is 9.97 Å². The number of nitrogens with one attached hydrogen (secondary N) is 3. The van der Waals surface area contributed by atoms with Gasteiger partial charge in [0.05, 0.1) is 11.0 Å². The van der Waals surface area contributed by atoms with Gasteiger partial charge in [0.2, 0.25) is 0 Å². The van der Waals surface area contributed by atoms with E-state index in [1.165, 1.54) is 0 Å². The highest BCUT2D eigenvalue weighted by atomic mass is 16.5. The van der Waals surface area contributed by atoms with Crippen LogP contribution in [-0.2, 0) is 9.53 Å². The molecule has 0 spiro atoms. The van der Waals surface area contributed by atoms with Crippen molar-refractivity contribution in [3.63, 3.8) is 0 Å². The summed E-state index contributed by atoms with van der Waals surface area (Å²) in [6.07, 6.45) is 1.32. The average molecular weight is 247 g/mol. The fourth-order valence-electron chi connectivity index (χ4n) is 2.12. The Hall–Kier alpha value is -2.08. The summed E-state index contributed by atoms with van der Waals surface area (Å²) in [6, 6.07) is 5.22. The van der Waals surface area contributed by atoms with Crippen molar-refractivity contribution in [2.75, 3.05) is 11.9 Å². The third-order valence-corrected chi connectivity index (χ3v) is 3.01. The molecule has 1 fully saturated rings. The second-order valence-electron chi connectivity index (χ2n) is 4.33. The molecule has 3 rings (SSSR count). The minimum atomic E-state index is -0.356. The van der Waals surface area contributed by atoms with Gasteiger partial charge in [-0.1, -0.05) is 0 Å². The summed E-state index contributed by atoms with van der Waals surface area (Å²) in [6.45, 7) is 0.641. The third kappa shape index (κ3) is 2.02. The van der Waals surface area contributed by atoms with Crippen molar-refractivity contribution in [3.8, 4) is 0 Å². The normalized spacial score (nSPS) is 19.2. The number of hydrogen-bond acceptors (Lipinski definition) is 3. The highest BCUT2D eigenvalue weighted by Crippen LogP contribution is 2.17. The molecule has 94 valence electrons. The molecule has 3 N–H and O–H groups in total. The van der Waals surface area contributed by atoms with E-state index in [9.17, 15) is 9.59 Å². The zero-order valence-electron chi connectivity index (χ0n) is 9.66. The standard InChI is InChI=1S/C12H13N3O3/c16-11(10-2-1-5-18-10)13-7-3-4-8-9(6-7)15-12(17)14-8/h3-4,6,10H,1-2,5H2,(H,13,16)(H2,14,15,17)/t10-/m0/s1. The van der Waals surface area contributed by atoms with Crippen LogP contribution in [0.2, 0.25) is 0 Å². The molecule has 1 saturated heterocycles. The molecular weight excluding hydrogens is 234 g/mol. The van der Waals surface area contributed by atoms with Crippen LogP contribution in [0, 0.1) is 0 Å². The molecule has 0 unspecified atom stereocenters. The van der Waals surface area contributed by atoms with Crippen LogP contribution >= 0.6 is 0 Å². The van der Waals surface area contributed by atoms with E-state index in [0.717, 1.165) is 18.4 Å². The first-order valence-corrected chi connectivity index (χ1v) is 5.87. The molecule has 2 heterocycles. The number of H-pyrrole nitrogens is 2. The fraction of sp³-hybridized carbons (Fsp3) is 0.333. The van der Waals surface area contributed by atoms with E-state index in [1.54, 1.807) is 18.2 Å². The Morgan fingerprint density at radius 2 is 2.17 bits per heavy atom. The summed E-state index contributed by atoms with van der Waals surface area (Å²) >= 11 is 0. The molecule has 6 nitrogen and oxygen atoms in total. The van der Waals surface area contributed by atoms with E-state index in [-0.39, 0.29) is 17.7 Å². The van der Waals surface area contributed by atoms with Crippen LogP contribution < -0.4 is 11.0 Å². The molecule has 0 bridgehead atoms. The molecule has 1 atom stereocenters. The van der Waals surface area contributed by atoms with Crippen LogP contribution in [0.3, 0.4) is 0 Å². The van der Waals surface area contributed by atoms with Gasteiger partial charge in [-0.2, -0.15) is 0 Å². The monoisotopic (exact) mass is 247 g/mol. The molecule has 1 aromatic heterocycles. The van der Waals surface area contributed by atoms with E-state index in [4.69, 9.17) is 4.74 Å². The van der Waals surface area contributed by atoms with Gasteiger partial charge in [0.1, 0.15) is 6.10 Å². The van der Waals surface area contributed by atoms with Gasteiger partial charge in [-0.05, 0) is 31.0 Å². The smallest absolute Gasteiger partial charge is 0.323 e. The Balaban J connectivity index is 1.81. The number of ether oxygens (including phenoxy) is 1. The van der Waals surface area contributed by atoms with Crippen LogP contribution in [0.4, 0.5) is 5.69 Å². The highest BCUT2D eigenvalue weighted by Gasteiger charge is 2.23. The number of imidazole rings is 1. The van der Waals surface area contributed by atoms with E-state index in [2.05, 4.69) is 15.3 Å². The zero-order valence-corrected chi connectivity index (χ0v) is 9.66. The Morgan fingerprint density at radius 3 is 2.94 bits per heavy atom. The maximum absolute atomic E-state index is 11.8. The molecule has 1 amide bonds. The molecule has 0 radical (unpaired) electrons. The summed E-state index contributed by atoms with van der Waals surface area (Å²) < 4.78 is 5.30. The number of hydrogen-bond donors (Lipinski definition) is 3. The lowest BCUT2D eigenvalue weighted by atomic mass is 10.2. The van der Waals surface area contributed by atoms with Crippen molar-refractivity contribution in [3.05, 3.63) is 28.7 Å². The first-order valence-electron chi connectivity index (χ1n) is 5.87. The first kappa shape index (κ1) is 11.0. The maximum atomic E-state index is 11.8. The topological polar surface area (TPSA) is 87.0 Å². The van der Waals surface area contributed by atoms with Gasteiger partial charge >= 0.3 is 5.69 Å². The summed E-state index contributed by atoms with van der Waals surface area (Å²) in [4.78, 5) is 28.2. The van der Waals surface area contributed by atoms with Crippen molar-refractivity contribution >= 4 is 22.6 Å². The summed E-state index contributed by atoms with van der Waals surface area (Å²) in [5.41, 5.74) is 1.78. The minimum Gasteiger partial charge on any atom is -0.368 e. The van der Waals surface area contributed by atoms with Crippen molar-refractivity contribution < 1.29 is 9.53 Å². The third-order valence-electron chi connectivity index (χ3n) is 3.01. The number of aromatic nitrogens is 2. The predicted octanol–water partition coefficient (Wildman–Crippen LogP) is 0.974. The second kappa shape index (κ2) is 4.30. The lowest BCUT2D eigenvalue weighted by Crippen LogP contribution is -2.26. The molecule has 0 saturated carbocycles. The fourth-order valence-corrected chi connectivity index (χ4v) is 2.12. The van der Waals surface area contributed by atoms with Gasteiger partial charge in [-0.3, -0.25) is 4.79 Å². The Bertz CT molecular complexity index is 637. The molecule has 18 heavy (non-hydrogen) atoms. The Kier molecular flexibility index (Phi) is 2.64. The average Bonchev–Trinajstić information content (AvgIpc) is 2.95. The quantitative estimate of drug-likeness (QED) is 0.739. The van der Waals surface area contributed by atoms with Gasteiger partial charge in [-0.15, -0.1) is 0 Å². The number of rotatable bonds is 2. The van der Waals surface area contributed by atoms with Gasteiger partial charge in [0, 0.05) is 12.3 Å². The first-order chi connectivity index (χ1) is 8.72. The number of aromatic amines is 2. The van der Waals surface area contributed by atoms with Gasteiger partial charge in [0.25, 0.3) is 5.91 Å². The molecule has 0 aliphatic carbocycles. The van der Waals surface area contributed by atoms with Crippen LogP contribution in [0.1, 0.15) is 12.8 Å². The minimum absolute atomic E-state index is 0.135. The number of anilines is 1. The summed E-state index contributed by atoms with van der Waals surface area (Å²) in [5.74, 6) is -0.135. The van der Waals surface area contributed by atoms with Crippen molar-refractivity contribution in [2.24, 2.45) is 0 Å². The van der Waals surface area contributed by atoms with E-state index in [0.29, 0.717) is 17.8 Å². The van der Waals surface area contributed by atoms with Gasteiger partial charge in [0.15, 0.2) is 0 Å². The number of amides is 1. The van der Waals surface area contributed by atoms with E-state index in [1.807, 2.05) is 0 Å². The number of benzene rings is 1. The van der Waals surface area contributed by atoms with Gasteiger partial charge < -0.3 is 20.0 Å². The Labute approximate surface area is 102 Å². The lowest BCUT2D eigenvalue weighted by Gasteiger charge is -2.10. The number of fused-ring (bicyclic) bond motifs is 1. The van der Waals surface area contributed by atoms with Crippen LogP contribution in [0.15, 0.2) is 23.0 Å². The molecular formula is C12H13N3O3. The number of carbonyl (C=O) groups excluding carboxylic acids is 1. The summed E-state index contributed by atoms with van der Waals surface area (Å²) in [5, 5.41) is 2.79. The molecule has 2 aromatic rings. The molecule has 1 aliphatic heterocycles. The van der Waals surface area contributed by atoms with Crippen molar-refractivity contribution in [1.29, 1.82) is 0 Å². The van der Waals surface area contributed by atoms with Crippen LogP contribution in [0.25, 0.3) is 11.0 Å². The van der Waals surface area contributed by atoms with E-state index >= 15 is 0 Å². The molecule has 1 aliphatic rings. The van der Waals surface area contributed by atoms with Crippen LogP contribution in [-0.4, -0.2) is 28.6 Å². The van der Waals surface area contributed by atoms with Gasteiger partial charge in [-0.25, -0.2) is 4.79 Å². The molecule has 6 heteroatoms. The highest BCUT2D eigenvalue weighted by molar-refractivity contribution is 5.95. The van der Waals surface area contributed by atoms with Crippen LogP contribution in [0.5, 0.6) is 0 Å². The molecule has 1 aromatic carbocycles. The lowest BCUT2D eigenvalue weighted by molar-refractivity contribution is -0.124. The largest absolute Gasteiger partial charge is 0.368 e. The second-order valence-corrected chi connectivity index (χ2v) is 4.33. The van der Waals surface area contributed by atoms with E-state index < -0.39 is 0 Å². The maximum Gasteiger partial charge on any atom is 0.323 e. The predicted molar refractivity (Wildman–Crippen MR) is 66.5 cm³/mol. The SMILES string of the molecule is O=C(Nc1ccc2[nH]c(=O)[nH]c2c1)[C@@H]1CCCO1. The van der Waals surface area contributed by atoms with Crippen molar-refractivity contribution in [2.45, 2.75) is 18.9 Å². The zero-order chi connectivity index (χ0) is 12.5. The Morgan fingerprint density at radius 1 is 1.33 bits per heavy atom. The number of carbonyl (C=O) groups is 1.